The zero-order chi connectivity index (χ0) is 49.8. The standard InChI is InChI=1S/C56H68N6O9/c1-7-52(67)28-33-29-55(51(66)70-6,45-37(19-23-61(31-33)32-52)36-16-11-13-18-41(36)58-45)39-26-38-43(27-44(39)69-5)60(4)48-54(38)21-24-62-22-14-20-53(8-2,47(54)62)49(64)56(48,68)50(65)59-42(46(63)71-9-3)25-34-30-57-40-17-12-10-15-35(34)40/h10-18,20,26-27,30,33,42,47-49,57-58,64,67-68H,7-9,19,21-25,28-29,31-32H2,1-6H3,(H,59,65)/t33-,42-,47-,48+,49+,52-,53+,54-,55+,56+/m0/s1. The number of likely N-dealkylation sites (N-methyl/N-ethyl adjacent to an activating group) is 1. The largest absolute Gasteiger partial charge is 0.496 e. The van der Waals surface area contributed by atoms with E-state index >= 15 is 9.59 Å². The van der Waals surface area contributed by atoms with Gasteiger partial charge in [0.1, 0.15) is 23.3 Å². The molecule has 5 aromatic rings. The average molecular weight is 969 g/mol. The second kappa shape index (κ2) is 17.2. The van der Waals surface area contributed by atoms with Crippen LogP contribution >= 0.6 is 0 Å². The van der Waals surface area contributed by atoms with E-state index in [0.717, 1.165) is 44.2 Å². The summed E-state index contributed by atoms with van der Waals surface area (Å²) in [6, 6.07) is 17.2. The lowest BCUT2D eigenvalue weighted by Crippen LogP contribution is -2.82. The smallest absolute Gasteiger partial charge is 0.328 e. The number of aromatic nitrogens is 2. The number of amides is 1. The Bertz CT molecular complexity index is 2970. The molecule has 5 aliphatic heterocycles. The average Bonchev–Trinajstić information content (AvgIpc) is 4.15. The van der Waals surface area contributed by atoms with Crippen LogP contribution in [0.25, 0.3) is 21.8 Å². The van der Waals surface area contributed by atoms with E-state index in [1.54, 1.807) is 14.0 Å². The molecule has 11 atom stereocenters. The number of anilines is 1. The molecule has 6 aliphatic rings. The number of nitrogens with zero attached hydrogens (tertiary/aromatic N) is 3. The fraction of sp³-hybridized carbons (Fsp3) is 0.518. The van der Waals surface area contributed by atoms with Crippen LogP contribution in [0.1, 0.15) is 80.8 Å². The molecule has 15 nitrogen and oxygen atoms in total. The maximum atomic E-state index is 15.7. The van der Waals surface area contributed by atoms with Gasteiger partial charge in [-0.25, -0.2) is 4.79 Å². The Kier molecular flexibility index (Phi) is 11.5. The number of fused-ring (bicyclic) bond motifs is 7. The van der Waals surface area contributed by atoms with Crippen LogP contribution in [-0.4, -0.2) is 149 Å². The monoisotopic (exact) mass is 969 g/mol. The first-order valence-corrected chi connectivity index (χ1v) is 25.6. The Morgan fingerprint density at radius 3 is 2.42 bits per heavy atom. The molecule has 1 aliphatic carbocycles. The number of piperidine rings is 1. The Labute approximate surface area is 414 Å². The highest BCUT2D eigenvalue weighted by Crippen LogP contribution is 2.67. The number of aliphatic hydroxyl groups excluding tert-OH is 1. The number of para-hydroxylation sites is 2. The van der Waals surface area contributed by atoms with Crippen molar-refractivity contribution >= 4 is 45.3 Å². The Morgan fingerprint density at radius 2 is 1.69 bits per heavy atom. The number of H-pyrrole nitrogens is 2. The summed E-state index contributed by atoms with van der Waals surface area (Å²) in [6.07, 6.45) is 7.17. The number of carbonyl (C=O) groups is 3. The zero-order valence-electron chi connectivity index (χ0n) is 41.7. The van der Waals surface area contributed by atoms with E-state index in [-0.39, 0.29) is 25.0 Å². The van der Waals surface area contributed by atoms with Crippen molar-refractivity contribution in [3.05, 3.63) is 107 Å². The van der Waals surface area contributed by atoms with E-state index in [4.69, 9.17) is 14.2 Å². The molecule has 0 radical (unpaired) electrons. The van der Waals surface area contributed by atoms with E-state index in [1.165, 1.54) is 7.11 Å². The normalized spacial score (nSPS) is 33.3. The minimum absolute atomic E-state index is 0.0716. The third-order valence-corrected chi connectivity index (χ3v) is 18.2. The molecule has 71 heavy (non-hydrogen) atoms. The van der Waals surface area contributed by atoms with Crippen molar-refractivity contribution in [2.45, 2.75) is 112 Å². The molecule has 376 valence electrons. The Balaban J connectivity index is 1.12. The van der Waals surface area contributed by atoms with Crippen LogP contribution in [-0.2, 0) is 47.5 Å². The lowest BCUT2D eigenvalue weighted by atomic mass is 9.47. The first-order chi connectivity index (χ1) is 34.2. The molecule has 1 unspecified atom stereocenters. The molecule has 7 heterocycles. The van der Waals surface area contributed by atoms with Gasteiger partial charge in [-0.05, 0) is 92.8 Å². The number of aromatic amines is 2. The molecule has 2 saturated heterocycles. The molecular weight excluding hydrogens is 901 g/mol. The van der Waals surface area contributed by atoms with Gasteiger partial charge in [-0.1, -0.05) is 62.4 Å². The molecule has 15 heteroatoms. The van der Waals surface area contributed by atoms with Crippen LogP contribution in [0, 0.1) is 11.3 Å². The molecular formula is C56H68N6O9. The van der Waals surface area contributed by atoms with Crippen LogP contribution in [0.5, 0.6) is 5.75 Å². The number of methoxy groups -OCH3 is 2. The first kappa shape index (κ1) is 47.6. The lowest BCUT2D eigenvalue weighted by Gasteiger charge is -2.63. The third kappa shape index (κ3) is 6.68. The van der Waals surface area contributed by atoms with E-state index in [0.29, 0.717) is 88.2 Å². The number of hydrogen-bond acceptors (Lipinski definition) is 12. The molecule has 1 saturated carbocycles. The van der Waals surface area contributed by atoms with Crippen LogP contribution < -0.4 is 15.0 Å². The maximum Gasteiger partial charge on any atom is 0.328 e. The summed E-state index contributed by atoms with van der Waals surface area (Å²) in [6.45, 7) is 8.93. The van der Waals surface area contributed by atoms with E-state index < -0.39 is 63.5 Å². The van der Waals surface area contributed by atoms with Crippen LogP contribution in [0.15, 0.2) is 79.0 Å². The van der Waals surface area contributed by atoms with Gasteiger partial charge in [0.05, 0.1) is 32.5 Å². The molecule has 2 aromatic heterocycles. The molecule has 6 N–H and O–H groups in total. The first-order valence-electron chi connectivity index (χ1n) is 25.6. The molecule has 3 aromatic carbocycles. The van der Waals surface area contributed by atoms with Gasteiger partial charge in [-0.15, -0.1) is 0 Å². The SMILES string of the molecule is CCOC(=O)[C@H](Cc1c[nH]c2ccccc12)NC(=O)[C@]1(O)[C@H](O)[C@]2(CC)C=CCN3CC[C@]4(c5cc([C@]6(C(=O)OC)C[C@H]7CN(CCc8c6[nH]c6ccccc86)C[C@](O)(CC)C7)c(OC)cc5N(C)[C@@H]14)[C@@H]32. The van der Waals surface area contributed by atoms with E-state index in [1.807, 2.05) is 92.7 Å². The number of carbonyl (C=O) groups excluding carboxylic acids is 3. The summed E-state index contributed by atoms with van der Waals surface area (Å²) in [4.78, 5) is 58.9. The summed E-state index contributed by atoms with van der Waals surface area (Å²) < 4.78 is 18.0. The number of benzene rings is 3. The van der Waals surface area contributed by atoms with Crippen LogP contribution in [0.2, 0.25) is 0 Å². The van der Waals surface area contributed by atoms with Gasteiger partial charge in [-0.3, -0.25) is 19.4 Å². The van der Waals surface area contributed by atoms with Crippen molar-refractivity contribution in [3.63, 3.8) is 0 Å². The van der Waals surface area contributed by atoms with Gasteiger partial charge >= 0.3 is 11.9 Å². The number of ether oxygens (including phenoxy) is 3. The van der Waals surface area contributed by atoms with Gasteiger partial charge in [-0.2, -0.15) is 0 Å². The van der Waals surface area contributed by atoms with Gasteiger partial charge in [0.2, 0.25) is 0 Å². The van der Waals surface area contributed by atoms with Gasteiger partial charge in [0, 0.05) is 108 Å². The number of aliphatic hydroxyl groups is 3. The molecule has 11 rings (SSSR count). The fourth-order valence-electron chi connectivity index (χ4n) is 15.3. The van der Waals surface area contributed by atoms with Crippen molar-refractivity contribution in [3.8, 4) is 5.75 Å². The second-order valence-corrected chi connectivity index (χ2v) is 21.5. The minimum Gasteiger partial charge on any atom is -0.496 e. The van der Waals surface area contributed by atoms with E-state index in [2.05, 4.69) is 37.2 Å². The van der Waals surface area contributed by atoms with Gasteiger partial charge < -0.3 is 49.7 Å². The minimum atomic E-state index is -2.50. The summed E-state index contributed by atoms with van der Waals surface area (Å²) in [5, 5.41) is 44.0. The predicted molar refractivity (Wildman–Crippen MR) is 269 cm³/mol. The quantitative estimate of drug-likeness (QED) is 0.0767. The van der Waals surface area contributed by atoms with Crippen molar-refractivity contribution in [1.29, 1.82) is 0 Å². The fourth-order valence-corrected chi connectivity index (χ4v) is 15.3. The number of rotatable bonds is 11. The number of nitrogens with one attached hydrogen (secondary N) is 3. The number of esters is 2. The summed E-state index contributed by atoms with van der Waals surface area (Å²) >= 11 is 0. The summed E-state index contributed by atoms with van der Waals surface area (Å²) in [5.41, 5.74) is -0.692. The van der Waals surface area contributed by atoms with E-state index in [9.17, 15) is 20.1 Å². The zero-order valence-corrected chi connectivity index (χ0v) is 41.7. The second-order valence-electron chi connectivity index (χ2n) is 21.5. The highest BCUT2D eigenvalue weighted by molar-refractivity contribution is 5.96. The van der Waals surface area contributed by atoms with Crippen molar-refractivity contribution in [2.75, 3.05) is 65.5 Å². The Morgan fingerprint density at radius 1 is 0.930 bits per heavy atom. The maximum absolute atomic E-state index is 15.7. The summed E-state index contributed by atoms with van der Waals surface area (Å²) in [5.74, 6) is -1.70. The van der Waals surface area contributed by atoms with Gasteiger partial charge in [0.15, 0.2) is 5.60 Å². The molecule has 2 bridgehead atoms. The number of hydrogen-bond donors (Lipinski definition) is 6. The Hall–Kier alpha value is -5.71. The van der Waals surface area contributed by atoms with Crippen LogP contribution in [0.3, 0.4) is 0 Å². The lowest BCUT2D eigenvalue weighted by molar-refractivity contribution is -0.204. The topological polar surface area (TPSA) is 193 Å². The third-order valence-electron chi connectivity index (χ3n) is 18.2. The van der Waals surface area contributed by atoms with Crippen molar-refractivity contribution in [1.82, 2.24) is 25.1 Å². The molecule has 1 spiro atoms. The van der Waals surface area contributed by atoms with Crippen LogP contribution in [0.4, 0.5) is 5.69 Å². The highest BCUT2D eigenvalue weighted by Gasteiger charge is 2.79. The van der Waals surface area contributed by atoms with Crippen molar-refractivity contribution < 1.29 is 43.9 Å². The predicted octanol–water partition coefficient (Wildman–Crippen LogP) is 5.02. The van der Waals surface area contributed by atoms with Gasteiger partial charge in [0.25, 0.3) is 5.91 Å². The molecule has 3 fully saturated rings. The summed E-state index contributed by atoms with van der Waals surface area (Å²) in [7, 11) is 4.88. The highest BCUT2D eigenvalue weighted by atomic mass is 16.5. The van der Waals surface area contributed by atoms with Crippen molar-refractivity contribution in [2.24, 2.45) is 11.3 Å². The molecule has 1 amide bonds.